The monoisotopic (exact) mass is 432 g/mol. The highest BCUT2D eigenvalue weighted by Crippen LogP contribution is 2.32. The van der Waals surface area contributed by atoms with Crippen LogP contribution in [0.3, 0.4) is 0 Å². The van der Waals surface area contributed by atoms with E-state index in [2.05, 4.69) is 77.1 Å². The van der Waals surface area contributed by atoms with Gasteiger partial charge in [0.25, 0.3) is 0 Å². The fourth-order valence-electron chi connectivity index (χ4n) is 4.76. The Balaban J connectivity index is 0.00000120. The van der Waals surface area contributed by atoms with Crippen molar-refractivity contribution in [2.45, 2.75) is 51.2 Å². The molecule has 5 rings (SSSR count). The maximum absolute atomic E-state index is 5.01. The molecule has 2 atom stereocenters. The number of hydrogen-bond donors (Lipinski definition) is 1. The van der Waals surface area contributed by atoms with Gasteiger partial charge in [0.15, 0.2) is 0 Å². The lowest BCUT2D eigenvalue weighted by molar-refractivity contribution is 0.143. The van der Waals surface area contributed by atoms with Crippen LogP contribution in [0.25, 0.3) is 16.9 Å². The zero-order valence-electron chi connectivity index (χ0n) is 17.0. The number of rotatable bonds is 4. The molecule has 0 amide bonds. The van der Waals surface area contributed by atoms with Crippen LogP contribution in [0.4, 0.5) is 0 Å². The molecule has 3 aromatic rings. The highest BCUT2D eigenvalue weighted by atomic mass is 35.5. The van der Waals surface area contributed by atoms with E-state index in [1.165, 1.54) is 29.7 Å². The number of nitrogens with one attached hydrogen (secondary N) is 1. The van der Waals surface area contributed by atoms with Gasteiger partial charge in [0.05, 0.1) is 11.4 Å². The number of nitrogens with zero attached hydrogens (tertiary/aromatic N) is 3. The number of aromatic nitrogens is 2. The number of imidazole rings is 1. The van der Waals surface area contributed by atoms with Crippen LogP contribution in [0.5, 0.6) is 0 Å². The van der Waals surface area contributed by atoms with Gasteiger partial charge >= 0.3 is 0 Å². The van der Waals surface area contributed by atoms with Gasteiger partial charge in [0.2, 0.25) is 0 Å². The van der Waals surface area contributed by atoms with E-state index in [-0.39, 0.29) is 24.8 Å². The normalized spacial score (nSPS) is 21.2. The van der Waals surface area contributed by atoms with E-state index in [4.69, 9.17) is 4.98 Å². The van der Waals surface area contributed by atoms with Crippen LogP contribution in [-0.4, -0.2) is 39.5 Å². The number of benzene rings is 1. The molecule has 2 saturated heterocycles. The molecule has 0 saturated carbocycles. The fraction of sp³-hybridized carbons (Fsp3) is 0.435. The summed E-state index contributed by atoms with van der Waals surface area (Å²) in [5.74, 6) is 0.552. The fourth-order valence-corrected chi connectivity index (χ4v) is 4.76. The van der Waals surface area contributed by atoms with Gasteiger partial charge in [0, 0.05) is 43.5 Å². The van der Waals surface area contributed by atoms with E-state index >= 15 is 0 Å². The molecule has 1 N–H and O–H groups in total. The molecule has 2 fully saturated rings. The van der Waals surface area contributed by atoms with Crippen LogP contribution in [0.1, 0.15) is 43.9 Å². The molecular formula is C23H30Cl2N4. The van der Waals surface area contributed by atoms with E-state index < -0.39 is 0 Å². The smallest absolute Gasteiger partial charge is 0.137 e. The molecule has 4 nitrogen and oxygen atoms in total. The van der Waals surface area contributed by atoms with Crippen molar-refractivity contribution in [2.24, 2.45) is 0 Å². The summed E-state index contributed by atoms with van der Waals surface area (Å²) in [7, 11) is 0. The van der Waals surface area contributed by atoms with Gasteiger partial charge in [-0.25, -0.2) is 4.98 Å². The molecule has 0 spiro atoms. The maximum atomic E-state index is 5.01. The molecule has 2 bridgehead atoms. The first-order chi connectivity index (χ1) is 13.2. The zero-order chi connectivity index (χ0) is 18.4. The Labute approximate surface area is 185 Å². The van der Waals surface area contributed by atoms with E-state index in [9.17, 15) is 0 Å². The molecule has 156 valence electrons. The van der Waals surface area contributed by atoms with E-state index in [1.54, 1.807) is 0 Å². The zero-order valence-corrected chi connectivity index (χ0v) is 18.7. The lowest BCUT2D eigenvalue weighted by Gasteiger charge is -2.35. The van der Waals surface area contributed by atoms with Gasteiger partial charge in [0.1, 0.15) is 5.65 Å². The number of fused-ring (bicyclic) bond motifs is 3. The summed E-state index contributed by atoms with van der Waals surface area (Å²) in [4.78, 5) is 7.72. The number of hydrogen-bond acceptors (Lipinski definition) is 3. The van der Waals surface area contributed by atoms with E-state index in [1.807, 2.05) is 0 Å². The number of piperazine rings is 1. The van der Waals surface area contributed by atoms with Crippen molar-refractivity contribution in [1.29, 1.82) is 0 Å². The largest absolute Gasteiger partial charge is 0.314 e. The second-order valence-corrected chi connectivity index (χ2v) is 8.33. The Kier molecular flexibility index (Phi) is 6.90. The molecule has 2 unspecified atom stereocenters. The molecule has 6 heteroatoms. The summed E-state index contributed by atoms with van der Waals surface area (Å²) in [5.41, 5.74) is 6.10. The third kappa shape index (κ3) is 4.04. The van der Waals surface area contributed by atoms with Crippen LogP contribution in [-0.2, 0) is 6.54 Å². The standard InChI is InChI=1S/C23H28N4.2ClH/c1-16(2)17-6-8-18(9-7-17)23-21(26-12-4-3-5-22(26)25-23)15-27-19-10-11-20(27)14-24-13-19;;/h3-9,12,16,19-20,24H,10-11,13-15H2,1-2H3;2*1H. The molecule has 0 aliphatic carbocycles. The Bertz CT molecular complexity index is 935. The quantitative estimate of drug-likeness (QED) is 0.635. The van der Waals surface area contributed by atoms with E-state index in [0.29, 0.717) is 18.0 Å². The third-order valence-electron chi connectivity index (χ3n) is 6.34. The highest BCUT2D eigenvalue weighted by Gasteiger charge is 2.37. The number of halogens is 2. The van der Waals surface area contributed by atoms with Crippen LogP contribution >= 0.6 is 24.8 Å². The van der Waals surface area contributed by atoms with Gasteiger partial charge < -0.3 is 9.72 Å². The first-order valence-corrected chi connectivity index (χ1v) is 10.2. The molecule has 0 radical (unpaired) electrons. The topological polar surface area (TPSA) is 32.6 Å². The van der Waals surface area contributed by atoms with Crippen molar-refractivity contribution in [3.8, 4) is 11.3 Å². The minimum Gasteiger partial charge on any atom is -0.314 e. The van der Waals surface area contributed by atoms with Gasteiger partial charge in [-0.05, 0) is 36.5 Å². The van der Waals surface area contributed by atoms with Crippen LogP contribution in [0.2, 0.25) is 0 Å². The summed E-state index contributed by atoms with van der Waals surface area (Å²) >= 11 is 0. The SMILES string of the molecule is CC(C)c1ccc(-c2nc3ccccn3c2CN2C3CCC2CNC3)cc1.Cl.Cl. The van der Waals surface area contributed by atoms with Crippen molar-refractivity contribution in [2.75, 3.05) is 13.1 Å². The lowest BCUT2D eigenvalue weighted by Crippen LogP contribution is -2.51. The summed E-state index contributed by atoms with van der Waals surface area (Å²) in [6, 6.07) is 16.6. The molecule has 29 heavy (non-hydrogen) atoms. The molecule has 4 heterocycles. The predicted octanol–water partition coefficient (Wildman–Crippen LogP) is 4.90. The van der Waals surface area contributed by atoms with Gasteiger partial charge in [-0.3, -0.25) is 4.90 Å². The van der Waals surface area contributed by atoms with Gasteiger partial charge in [-0.1, -0.05) is 44.2 Å². The average Bonchev–Trinajstić information content (AvgIpc) is 3.15. The van der Waals surface area contributed by atoms with Crippen LogP contribution in [0.15, 0.2) is 48.7 Å². The molecule has 2 aliphatic heterocycles. The van der Waals surface area contributed by atoms with Crippen LogP contribution in [0, 0.1) is 0 Å². The second-order valence-electron chi connectivity index (χ2n) is 8.33. The molecule has 2 aromatic heterocycles. The first-order valence-electron chi connectivity index (χ1n) is 10.2. The summed E-state index contributed by atoms with van der Waals surface area (Å²) in [6.07, 6.45) is 4.79. The van der Waals surface area contributed by atoms with Crippen molar-refractivity contribution in [3.63, 3.8) is 0 Å². The minimum atomic E-state index is 0. The Morgan fingerprint density at radius 3 is 2.34 bits per heavy atom. The summed E-state index contributed by atoms with van der Waals surface area (Å²) in [6.45, 7) is 7.69. The second kappa shape index (κ2) is 9.05. The van der Waals surface area contributed by atoms with Crippen LogP contribution < -0.4 is 5.32 Å². The van der Waals surface area contributed by atoms with Crippen molar-refractivity contribution < 1.29 is 0 Å². The Morgan fingerprint density at radius 2 is 1.69 bits per heavy atom. The minimum absolute atomic E-state index is 0. The molecular weight excluding hydrogens is 403 g/mol. The van der Waals surface area contributed by atoms with E-state index in [0.717, 1.165) is 31.0 Å². The van der Waals surface area contributed by atoms with Gasteiger partial charge in [-0.15, -0.1) is 24.8 Å². The third-order valence-corrected chi connectivity index (χ3v) is 6.34. The van der Waals surface area contributed by atoms with Gasteiger partial charge in [-0.2, -0.15) is 0 Å². The summed E-state index contributed by atoms with van der Waals surface area (Å²) < 4.78 is 2.28. The predicted molar refractivity (Wildman–Crippen MR) is 124 cm³/mol. The lowest BCUT2D eigenvalue weighted by atomic mass is 10.00. The maximum Gasteiger partial charge on any atom is 0.137 e. The number of pyridine rings is 1. The Morgan fingerprint density at radius 1 is 1.00 bits per heavy atom. The molecule has 1 aromatic carbocycles. The van der Waals surface area contributed by atoms with Crippen molar-refractivity contribution in [1.82, 2.24) is 19.6 Å². The average molecular weight is 433 g/mol. The molecule has 2 aliphatic rings. The Hall–Kier alpha value is -1.59. The van der Waals surface area contributed by atoms with Crippen molar-refractivity contribution >= 4 is 30.5 Å². The highest BCUT2D eigenvalue weighted by molar-refractivity contribution is 5.85. The first kappa shape index (κ1) is 22.1. The summed E-state index contributed by atoms with van der Waals surface area (Å²) in [5, 5.41) is 3.59. The van der Waals surface area contributed by atoms with Crippen molar-refractivity contribution in [3.05, 3.63) is 59.9 Å².